The Labute approximate surface area is 126 Å². The number of hydrogen-bond donors (Lipinski definition) is 1. The highest BCUT2D eigenvalue weighted by Crippen LogP contribution is 2.31. The second-order valence-corrected chi connectivity index (χ2v) is 5.75. The van der Waals surface area contributed by atoms with Crippen LogP contribution in [0.3, 0.4) is 0 Å². The lowest BCUT2D eigenvalue weighted by atomic mass is 9.81. The summed E-state index contributed by atoms with van der Waals surface area (Å²) in [7, 11) is 0. The number of piperidine rings is 1. The van der Waals surface area contributed by atoms with Crippen LogP contribution in [0, 0.1) is 23.2 Å². The Balaban J connectivity index is 2.02. The normalized spacial score (nSPS) is 24.2. The zero-order valence-corrected chi connectivity index (χ0v) is 12.4. The Bertz CT molecular complexity index is 509. The average molecular weight is 286 g/mol. The van der Waals surface area contributed by atoms with Gasteiger partial charge in [0, 0.05) is 12.6 Å². The standard InChI is InChI=1S/C17H22N2O2/c1-2-15-10-14(16(11-18)17(20)21)8-9-19(15)12-13-6-4-3-5-7-13/h3-7,14-16H,2,8-10,12H2,1H3,(H,20,21). The molecule has 0 aliphatic carbocycles. The summed E-state index contributed by atoms with van der Waals surface area (Å²) in [6.07, 6.45) is 2.57. The SMILES string of the molecule is CCC1CC(C(C#N)C(=O)O)CCN1Cc1ccccc1. The number of likely N-dealkylation sites (tertiary alicyclic amines) is 1. The summed E-state index contributed by atoms with van der Waals surface area (Å²) < 4.78 is 0. The van der Waals surface area contributed by atoms with Gasteiger partial charge in [-0.25, -0.2) is 0 Å². The summed E-state index contributed by atoms with van der Waals surface area (Å²) in [6.45, 7) is 3.90. The van der Waals surface area contributed by atoms with Crippen molar-refractivity contribution in [2.24, 2.45) is 11.8 Å². The van der Waals surface area contributed by atoms with E-state index in [2.05, 4.69) is 24.0 Å². The van der Waals surface area contributed by atoms with Crippen molar-refractivity contribution < 1.29 is 9.90 Å². The molecule has 1 N–H and O–H groups in total. The highest BCUT2D eigenvalue weighted by molar-refractivity contribution is 5.73. The molecule has 3 atom stereocenters. The van der Waals surface area contributed by atoms with Gasteiger partial charge >= 0.3 is 5.97 Å². The molecule has 3 unspecified atom stereocenters. The number of hydrogen-bond acceptors (Lipinski definition) is 3. The monoisotopic (exact) mass is 286 g/mol. The van der Waals surface area contributed by atoms with E-state index in [4.69, 9.17) is 10.4 Å². The van der Waals surface area contributed by atoms with Crippen LogP contribution in [0.1, 0.15) is 31.7 Å². The Morgan fingerprint density at radius 3 is 2.76 bits per heavy atom. The van der Waals surface area contributed by atoms with Gasteiger partial charge in [0.15, 0.2) is 0 Å². The molecule has 1 saturated heterocycles. The molecule has 1 aromatic rings. The third-order valence-electron chi connectivity index (χ3n) is 4.45. The third kappa shape index (κ3) is 3.83. The molecule has 0 radical (unpaired) electrons. The van der Waals surface area contributed by atoms with E-state index in [9.17, 15) is 4.79 Å². The van der Waals surface area contributed by atoms with Crippen molar-refractivity contribution in [1.82, 2.24) is 4.90 Å². The van der Waals surface area contributed by atoms with E-state index in [-0.39, 0.29) is 5.92 Å². The zero-order chi connectivity index (χ0) is 15.2. The third-order valence-corrected chi connectivity index (χ3v) is 4.45. The van der Waals surface area contributed by atoms with E-state index in [1.807, 2.05) is 24.3 Å². The summed E-state index contributed by atoms with van der Waals surface area (Å²) in [5.74, 6) is -1.86. The minimum absolute atomic E-state index is 0.0236. The van der Waals surface area contributed by atoms with Crippen LogP contribution < -0.4 is 0 Å². The van der Waals surface area contributed by atoms with Crippen LogP contribution in [0.5, 0.6) is 0 Å². The van der Waals surface area contributed by atoms with Gasteiger partial charge in [-0.2, -0.15) is 5.26 Å². The van der Waals surface area contributed by atoms with Gasteiger partial charge in [-0.05, 0) is 37.3 Å². The molecule has 1 fully saturated rings. The number of carbonyl (C=O) groups is 1. The molecule has 1 aliphatic heterocycles. The lowest BCUT2D eigenvalue weighted by molar-refractivity contribution is -0.142. The number of carboxylic acids is 1. The van der Waals surface area contributed by atoms with Crippen LogP contribution >= 0.6 is 0 Å². The molecular formula is C17H22N2O2. The zero-order valence-electron chi connectivity index (χ0n) is 12.4. The molecule has 0 amide bonds. The predicted molar refractivity (Wildman–Crippen MR) is 80.4 cm³/mol. The number of rotatable bonds is 5. The first-order chi connectivity index (χ1) is 10.2. The van der Waals surface area contributed by atoms with Gasteiger partial charge in [-0.3, -0.25) is 9.69 Å². The molecule has 21 heavy (non-hydrogen) atoms. The number of nitriles is 1. The maximum atomic E-state index is 11.2. The van der Waals surface area contributed by atoms with Gasteiger partial charge in [0.05, 0.1) is 6.07 Å². The Morgan fingerprint density at radius 2 is 2.19 bits per heavy atom. The van der Waals surface area contributed by atoms with E-state index in [0.717, 1.165) is 32.4 Å². The van der Waals surface area contributed by atoms with Crippen molar-refractivity contribution in [3.8, 4) is 6.07 Å². The molecule has 4 heteroatoms. The Hall–Kier alpha value is -1.86. The summed E-state index contributed by atoms with van der Waals surface area (Å²) in [5, 5.41) is 18.2. The smallest absolute Gasteiger partial charge is 0.321 e. The Morgan fingerprint density at radius 1 is 1.48 bits per heavy atom. The van der Waals surface area contributed by atoms with E-state index < -0.39 is 11.9 Å². The van der Waals surface area contributed by atoms with Crippen molar-refractivity contribution in [3.63, 3.8) is 0 Å². The quantitative estimate of drug-likeness (QED) is 0.904. The molecule has 4 nitrogen and oxygen atoms in total. The number of nitrogens with zero attached hydrogens (tertiary/aromatic N) is 2. The van der Waals surface area contributed by atoms with Gasteiger partial charge in [0.2, 0.25) is 0 Å². The largest absolute Gasteiger partial charge is 0.480 e. The van der Waals surface area contributed by atoms with Crippen LogP contribution in [0.2, 0.25) is 0 Å². The summed E-state index contributed by atoms with van der Waals surface area (Å²) >= 11 is 0. The molecule has 112 valence electrons. The van der Waals surface area contributed by atoms with E-state index in [0.29, 0.717) is 6.04 Å². The fourth-order valence-electron chi connectivity index (χ4n) is 3.25. The van der Waals surface area contributed by atoms with Crippen LogP contribution in [0.4, 0.5) is 0 Å². The minimum Gasteiger partial charge on any atom is -0.480 e. The highest BCUT2D eigenvalue weighted by Gasteiger charge is 2.35. The van der Waals surface area contributed by atoms with E-state index in [1.165, 1.54) is 5.56 Å². The highest BCUT2D eigenvalue weighted by atomic mass is 16.4. The van der Waals surface area contributed by atoms with Gasteiger partial charge in [0.1, 0.15) is 5.92 Å². The van der Waals surface area contributed by atoms with Crippen molar-refractivity contribution in [3.05, 3.63) is 35.9 Å². The van der Waals surface area contributed by atoms with Crippen molar-refractivity contribution >= 4 is 5.97 Å². The number of carboxylic acid groups (broad SMARTS) is 1. The Kier molecular flexibility index (Phi) is 5.35. The molecule has 0 aromatic heterocycles. The first-order valence-electron chi connectivity index (χ1n) is 7.56. The van der Waals surface area contributed by atoms with Crippen LogP contribution in [0.25, 0.3) is 0 Å². The first kappa shape index (κ1) is 15.5. The summed E-state index contributed by atoms with van der Waals surface area (Å²) in [4.78, 5) is 13.6. The van der Waals surface area contributed by atoms with Crippen LogP contribution in [-0.2, 0) is 11.3 Å². The van der Waals surface area contributed by atoms with Gasteiger partial charge in [0.25, 0.3) is 0 Å². The number of benzene rings is 1. The molecule has 1 aromatic carbocycles. The number of aliphatic carboxylic acids is 1. The van der Waals surface area contributed by atoms with E-state index in [1.54, 1.807) is 0 Å². The average Bonchev–Trinajstić information content (AvgIpc) is 2.50. The predicted octanol–water partition coefficient (Wildman–Crippen LogP) is 2.90. The molecule has 0 saturated carbocycles. The van der Waals surface area contributed by atoms with Crippen molar-refractivity contribution in [2.75, 3.05) is 6.54 Å². The lowest BCUT2D eigenvalue weighted by Gasteiger charge is -2.39. The fourth-order valence-corrected chi connectivity index (χ4v) is 3.25. The molecule has 1 aliphatic rings. The van der Waals surface area contributed by atoms with Crippen LogP contribution in [0.15, 0.2) is 30.3 Å². The summed E-state index contributed by atoms with van der Waals surface area (Å²) in [5.41, 5.74) is 1.28. The fraction of sp³-hybridized carbons (Fsp3) is 0.529. The van der Waals surface area contributed by atoms with Crippen LogP contribution in [-0.4, -0.2) is 28.6 Å². The lowest BCUT2D eigenvalue weighted by Crippen LogP contribution is -2.44. The topological polar surface area (TPSA) is 64.3 Å². The molecular weight excluding hydrogens is 264 g/mol. The van der Waals surface area contributed by atoms with Gasteiger partial charge < -0.3 is 5.11 Å². The van der Waals surface area contributed by atoms with Gasteiger partial charge in [-0.1, -0.05) is 37.3 Å². The maximum absolute atomic E-state index is 11.2. The molecule has 2 rings (SSSR count). The molecule has 0 bridgehead atoms. The van der Waals surface area contributed by atoms with Crippen molar-refractivity contribution in [2.45, 2.75) is 38.8 Å². The second-order valence-electron chi connectivity index (χ2n) is 5.75. The summed E-state index contributed by atoms with van der Waals surface area (Å²) in [6, 6.07) is 12.7. The molecule has 0 spiro atoms. The molecule has 1 heterocycles. The van der Waals surface area contributed by atoms with E-state index >= 15 is 0 Å². The van der Waals surface area contributed by atoms with Gasteiger partial charge in [-0.15, -0.1) is 0 Å². The maximum Gasteiger partial charge on any atom is 0.321 e. The first-order valence-corrected chi connectivity index (χ1v) is 7.56. The second kappa shape index (κ2) is 7.24. The van der Waals surface area contributed by atoms with Crippen molar-refractivity contribution in [1.29, 1.82) is 5.26 Å². The minimum atomic E-state index is -0.978.